The third kappa shape index (κ3) is 3.36. The van der Waals surface area contributed by atoms with Gasteiger partial charge in [-0.1, -0.05) is 12.1 Å². The second-order valence-electron chi connectivity index (χ2n) is 4.56. The number of nitrogens with one attached hydrogen (secondary N) is 2. The molecule has 0 spiro atoms. The number of nitrogens with zero attached hydrogens (tertiary/aromatic N) is 1. The second-order valence-corrected chi connectivity index (χ2v) is 4.56. The number of hydrogen-bond acceptors (Lipinski definition) is 4. The zero-order chi connectivity index (χ0) is 15.4. The average molecular weight is 285 g/mol. The molecule has 0 aliphatic carbocycles. The Morgan fingerprint density at radius 1 is 1.19 bits per heavy atom. The lowest BCUT2D eigenvalue weighted by molar-refractivity contribution is -0.384. The number of nitro groups is 1. The maximum atomic E-state index is 12.3. The molecular formula is C15H15N3O3. The van der Waals surface area contributed by atoms with Gasteiger partial charge in [0.1, 0.15) is 0 Å². The first-order valence-electron chi connectivity index (χ1n) is 6.35. The number of non-ortho nitro benzene ring substituents is 1. The Hall–Kier alpha value is -2.89. The average Bonchev–Trinajstić information content (AvgIpc) is 2.47. The monoisotopic (exact) mass is 285 g/mol. The van der Waals surface area contributed by atoms with Crippen molar-refractivity contribution in [3.8, 4) is 0 Å². The van der Waals surface area contributed by atoms with Crippen LogP contribution in [0.5, 0.6) is 0 Å². The van der Waals surface area contributed by atoms with Gasteiger partial charge in [-0.3, -0.25) is 14.9 Å². The van der Waals surface area contributed by atoms with Gasteiger partial charge in [0.15, 0.2) is 0 Å². The van der Waals surface area contributed by atoms with Crippen molar-refractivity contribution in [3.63, 3.8) is 0 Å². The molecule has 0 aliphatic heterocycles. The second kappa shape index (κ2) is 6.04. The Balaban J connectivity index is 2.26. The fraction of sp³-hybridized carbons (Fsp3) is 0.133. The number of carbonyl (C=O) groups excluding carboxylic acids is 1. The number of anilines is 2. The first-order valence-corrected chi connectivity index (χ1v) is 6.35. The van der Waals surface area contributed by atoms with E-state index in [4.69, 9.17) is 0 Å². The Bertz CT molecular complexity index is 698. The zero-order valence-electron chi connectivity index (χ0n) is 11.7. The van der Waals surface area contributed by atoms with Gasteiger partial charge in [0.05, 0.1) is 10.5 Å². The highest BCUT2D eigenvalue weighted by atomic mass is 16.6. The molecule has 6 nitrogen and oxygen atoms in total. The SMILES string of the molecule is CNc1cc(C)ccc1C(=O)Nc1cccc([N+](=O)[O-])c1. The highest BCUT2D eigenvalue weighted by Gasteiger charge is 2.13. The van der Waals surface area contributed by atoms with Gasteiger partial charge >= 0.3 is 0 Å². The van der Waals surface area contributed by atoms with Gasteiger partial charge < -0.3 is 10.6 Å². The smallest absolute Gasteiger partial charge is 0.271 e. The highest BCUT2D eigenvalue weighted by Crippen LogP contribution is 2.21. The molecule has 108 valence electrons. The van der Waals surface area contributed by atoms with Crippen molar-refractivity contribution in [2.45, 2.75) is 6.92 Å². The largest absolute Gasteiger partial charge is 0.387 e. The molecule has 2 rings (SSSR count). The third-order valence-corrected chi connectivity index (χ3v) is 3.00. The third-order valence-electron chi connectivity index (χ3n) is 3.00. The summed E-state index contributed by atoms with van der Waals surface area (Å²) < 4.78 is 0. The molecule has 0 fully saturated rings. The topological polar surface area (TPSA) is 84.3 Å². The fourth-order valence-electron chi connectivity index (χ4n) is 1.96. The van der Waals surface area contributed by atoms with E-state index in [1.54, 1.807) is 19.2 Å². The summed E-state index contributed by atoms with van der Waals surface area (Å²) in [4.78, 5) is 22.5. The van der Waals surface area contributed by atoms with Crippen molar-refractivity contribution in [1.29, 1.82) is 0 Å². The van der Waals surface area contributed by atoms with Gasteiger partial charge in [0.25, 0.3) is 11.6 Å². The summed E-state index contributed by atoms with van der Waals surface area (Å²) in [6, 6.07) is 11.3. The predicted octanol–water partition coefficient (Wildman–Crippen LogP) is 3.20. The molecule has 0 bridgehead atoms. The number of amides is 1. The van der Waals surface area contributed by atoms with E-state index in [1.165, 1.54) is 18.2 Å². The lowest BCUT2D eigenvalue weighted by Crippen LogP contribution is -2.14. The number of benzene rings is 2. The number of hydrogen-bond donors (Lipinski definition) is 2. The van der Waals surface area contributed by atoms with Crippen LogP contribution in [0.2, 0.25) is 0 Å². The highest BCUT2D eigenvalue weighted by molar-refractivity contribution is 6.08. The van der Waals surface area contributed by atoms with E-state index in [9.17, 15) is 14.9 Å². The van der Waals surface area contributed by atoms with Crippen LogP contribution < -0.4 is 10.6 Å². The van der Waals surface area contributed by atoms with Crippen LogP contribution >= 0.6 is 0 Å². The number of rotatable bonds is 4. The molecule has 0 saturated heterocycles. The molecule has 21 heavy (non-hydrogen) atoms. The quantitative estimate of drug-likeness (QED) is 0.667. The van der Waals surface area contributed by atoms with Crippen LogP contribution in [0.3, 0.4) is 0 Å². The molecule has 0 aromatic heterocycles. The predicted molar refractivity (Wildman–Crippen MR) is 81.8 cm³/mol. The van der Waals surface area contributed by atoms with E-state index < -0.39 is 4.92 Å². The maximum Gasteiger partial charge on any atom is 0.271 e. The number of nitro benzene ring substituents is 1. The maximum absolute atomic E-state index is 12.3. The summed E-state index contributed by atoms with van der Waals surface area (Å²) in [6.45, 7) is 1.93. The fourth-order valence-corrected chi connectivity index (χ4v) is 1.96. The summed E-state index contributed by atoms with van der Waals surface area (Å²) >= 11 is 0. The summed E-state index contributed by atoms with van der Waals surface area (Å²) in [5.41, 5.74) is 2.54. The van der Waals surface area contributed by atoms with Gasteiger partial charge in [-0.15, -0.1) is 0 Å². The van der Waals surface area contributed by atoms with Gasteiger partial charge in [-0.2, -0.15) is 0 Å². The lowest BCUT2D eigenvalue weighted by atomic mass is 10.1. The van der Waals surface area contributed by atoms with Crippen molar-refractivity contribution in [2.75, 3.05) is 17.7 Å². The van der Waals surface area contributed by atoms with Crippen LogP contribution in [0, 0.1) is 17.0 Å². The molecule has 0 unspecified atom stereocenters. The molecule has 0 saturated carbocycles. The van der Waals surface area contributed by atoms with Crippen LogP contribution in [0.4, 0.5) is 17.1 Å². The van der Waals surface area contributed by atoms with E-state index in [2.05, 4.69) is 10.6 Å². The molecule has 0 heterocycles. The van der Waals surface area contributed by atoms with Crippen molar-refractivity contribution in [3.05, 3.63) is 63.7 Å². The van der Waals surface area contributed by atoms with Crippen LogP contribution in [0.1, 0.15) is 15.9 Å². The van der Waals surface area contributed by atoms with Crippen molar-refractivity contribution >= 4 is 23.0 Å². The lowest BCUT2D eigenvalue weighted by Gasteiger charge is -2.10. The Labute approximate surface area is 121 Å². The molecule has 1 amide bonds. The summed E-state index contributed by atoms with van der Waals surface area (Å²) in [6.07, 6.45) is 0. The van der Waals surface area contributed by atoms with Gasteiger partial charge in [-0.25, -0.2) is 0 Å². The molecule has 6 heteroatoms. The number of aryl methyl sites for hydroxylation is 1. The molecular weight excluding hydrogens is 270 g/mol. The van der Waals surface area contributed by atoms with E-state index in [-0.39, 0.29) is 11.6 Å². The molecule has 2 aromatic rings. The first kappa shape index (κ1) is 14.5. The normalized spacial score (nSPS) is 10.0. The van der Waals surface area contributed by atoms with E-state index in [0.717, 1.165) is 5.56 Å². The van der Waals surface area contributed by atoms with Crippen molar-refractivity contribution < 1.29 is 9.72 Å². The summed E-state index contributed by atoms with van der Waals surface area (Å²) in [5.74, 6) is -0.320. The molecule has 2 N–H and O–H groups in total. The molecule has 0 atom stereocenters. The minimum absolute atomic E-state index is 0.0643. The van der Waals surface area contributed by atoms with Gasteiger partial charge in [0.2, 0.25) is 0 Å². The molecule has 0 aliphatic rings. The first-order chi connectivity index (χ1) is 10.0. The van der Waals surface area contributed by atoms with E-state index >= 15 is 0 Å². The molecule has 0 radical (unpaired) electrons. The van der Waals surface area contributed by atoms with E-state index in [1.807, 2.05) is 19.1 Å². The Morgan fingerprint density at radius 3 is 2.62 bits per heavy atom. The van der Waals surface area contributed by atoms with Crippen LogP contribution in [0.15, 0.2) is 42.5 Å². The number of carbonyl (C=O) groups is 1. The van der Waals surface area contributed by atoms with Crippen LogP contribution in [-0.4, -0.2) is 17.9 Å². The van der Waals surface area contributed by atoms with Crippen molar-refractivity contribution in [2.24, 2.45) is 0 Å². The van der Waals surface area contributed by atoms with Crippen molar-refractivity contribution in [1.82, 2.24) is 0 Å². The zero-order valence-corrected chi connectivity index (χ0v) is 11.7. The minimum Gasteiger partial charge on any atom is -0.387 e. The van der Waals surface area contributed by atoms with Crippen LogP contribution in [0.25, 0.3) is 0 Å². The summed E-state index contributed by atoms with van der Waals surface area (Å²) in [5, 5.41) is 16.4. The summed E-state index contributed by atoms with van der Waals surface area (Å²) in [7, 11) is 1.74. The standard InChI is InChI=1S/C15H15N3O3/c1-10-6-7-13(14(8-10)16-2)15(19)17-11-4-3-5-12(9-11)18(20)21/h3-9,16H,1-2H3,(H,17,19). The Morgan fingerprint density at radius 2 is 1.95 bits per heavy atom. The van der Waals surface area contributed by atoms with Gasteiger partial charge in [-0.05, 0) is 30.7 Å². The Kier molecular flexibility index (Phi) is 4.18. The minimum atomic E-state index is -0.499. The van der Waals surface area contributed by atoms with Crippen LogP contribution in [-0.2, 0) is 0 Å². The van der Waals surface area contributed by atoms with E-state index in [0.29, 0.717) is 16.9 Å². The molecule has 2 aromatic carbocycles. The van der Waals surface area contributed by atoms with Gasteiger partial charge in [0, 0.05) is 30.6 Å².